The van der Waals surface area contributed by atoms with Gasteiger partial charge in [-0.1, -0.05) is 51.3 Å². The smallest absolute Gasteiger partial charge is 0.0960 e. The maximum absolute atomic E-state index is 6.08. The van der Waals surface area contributed by atoms with Crippen molar-refractivity contribution in [2.75, 3.05) is 0 Å². The van der Waals surface area contributed by atoms with Crippen molar-refractivity contribution in [1.29, 1.82) is 0 Å². The second kappa shape index (κ2) is 5.75. The highest BCUT2D eigenvalue weighted by Crippen LogP contribution is 2.36. The van der Waals surface area contributed by atoms with Crippen LogP contribution in [0.15, 0.2) is 30.3 Å². The molecule has 0 aliphatic heterocycles. The van der Waals surface area contributed by atoms with Crippen molar-refractivity contribution < 1.29 is 0 Å². The van der Waals surface area contributed by atoms with Crippen molar-refractivity contribution in [2.45, 2.75) is 18.2 Å². The van der Waals surface area contributed by atoms with Gasteiger partial charge in [0.1, 0.15) is 0 Å². The van der Waals surface area contributed by atoms with Crippen LogP contribution < -0.4 is 0 Å². The molecule has 2 rings (SSSR count). The first-order valence-corrected chi connectivity index (χ1v) is 7.69. The van der Waals surface area contributed by atoms with E-state index in [1.165, 1.54) is 10.4 Å². The van der Waals surface area contributed by atoms with Crippen LogP contribution in [0.2, 0.25) is 9.36 Å². The SMILES string of the molecule is Cc1cc(C(Br)Cc2cccc(Cl)c2)sc1Cl. The Morgan fingerprint density at radius 3 is 2.65 bits per heavy atom. The fourth-order valence-electron chi connectivity index (χ4n) is 1.61. The molecule has 17 heavy (non-hydrogen) atoms. The van der Waals surface area contributed by atoms with E-state index in [1.807, 2.05) is 25.1 Å². The quantitative estimate of drug-likeness (QED) is 0.592. The molecule has 0 fully saturated rings. The average molecular weight is 350 g/mol. The topological polar surface area (TPSA) is 0 Å². The molecule has 1 unspecified atom stereocenters. The van der Waals surface area contributed by atoms with Crippen molar-refractivity contribution in [1.82, 2.24) is 0 Å². The Labute approximate surface area is 124 Å². The third-order valence-corrected chi connectivity index (χ3v) is 5.51. The molecule has 0 saturated heterocycles. The number of alkyl halides is 1. The zero-order chi connectivity index (χ0) is 12.4. The minimum Gasteiger partial charge on any atom is -0.127 e. The Morgan fingerprint density at radius 1 is 1.29 bits per heavy atom. The van der Waals surface area contributed by atoms with Gasteiger partial charge in [0.15, 0.2) is 0 Å². The van der Waals surface area contributed by atoms with Crippen molar-refractivity contribution in [2.24, 2.45) is 0 Å². The fraction of sp³-hybridized carbons (Fsp3) is 0.231. The fourth-order valence-corrected chi connectivity index (χ4v) is 3.80. The molecule has 0 N–H and O–H groups in total. The maximum Gasteiger partial charge on any atom is 0.0960 e. The number of rotatable bonds is 3. The number of thiophene rings is 1. The Morgan fingerprint density at radius 2 is 2.06 bits per heavy atom. The first kappa shape index (κ1) is 13.4. The first-order chi connectivity index (χ1) is 8.06. The lowest BCUT2D eigenvalue weighted by atomic mass is 10.1. The van der Waals surface area contributed by atoms with Gasteiger partial charge in [-0.3, -0.25) is 0 Å². The molecule has 0 aliphatic rings. The highest BCUT2D eigenvalue weighted by molar-refractivity contribution is 9.09. The molecule has 2 aromatic rings. The van der Waals surface area contributed by atoms with Gasteiger partial charge in [0.2, 0.25) is 0 Å². The summed E-state index contributed by atoms with van der Waals surface area (Å²) in [6, 6.07) is 10.1. The molecule has 4 heteroatoms. The van der Waals surface area contributed by atoms with Gasteiger partial charge in [-0.15, -0.1) is 11.3 Å². The van der Waals surface area contributed by atoms with Crippen LogP contribution in [0.3, 0.4) is 0 Å². The summed E-state index contributed by atoms with van der Waals surface area (Å²) in [6.07, 6.45) is 0.914. The van der Waals surface area contributed by atoms with Gasteiger partial charge in [0.05, 0.1) is 9.16 Å². The van der Waals surface area contributed by atoms with Gasteiger partial charge in [-0.25, -0.2) is 0 Å². The first-order valence-electron chi connectivity index (χ1n) is 5.20. The van der Waals surface area contributed by atoms with E-state index in [9.17, 15) is 0 Å². The van der Waals surface area contributed by atoms with Crippen LogP contribution in [-0.4, -0.2) is 0 Å². The van der Waals surface area contributed by atoms with E-state index in [0.29, 0.717) is 0 Å². The van der Waals surface area contributed by atoms with Crippen LogP contribution in [0.25, 0.3) is 0 Å². The molecular formula is C13H11BrCl2S. The molecule has 90 valence electrons. The van der Waals surface area contributed by atoms with Crippen molar-refractivity contribution in [3.8, 4) is 0 Å². The standard InChI is InChI=1S/C13H11BrCl2S/c1-8-5-12(17-13(8)16)11(14)7-9-3-2-4-10(15)6-9/h2-6,11H,7H2,1H3. The summed E-state index contributed by atoms with van der Waals surface area (Å²) in [5.74, 6) is 0. The predicted octanol–water partition coefficient (Wildman–Crippen LogP) is 6.04. The number of halogens is 3. The molecule has 0 saturated carbocycles. The lowest BCUT2D eigenvalue weighted by Gasteiger charge is -2.07. The summed E-state index contributed by atoms with van der Waals surface area (Å²) in [5, 5.41) is 0.780. The molecule has 0 amide bonds. The molecule has 1 atom stereocenters. The minimum absolute atomic E-state index is 0.289. The lowest BCUT2D eigenvalue weighted by molar-refractivity contribution is 0.969. The van der Waals surface area contributed by atoms with E-state index < -0.39 is 0 Å². The van der Waals surface area contributed by atoms with Crippen LogP contribution in [-0.2, 0) is 6.42 Å². The Kier molecular flexibility index (Phi) is 4.53. The second-order valence-corrected chi connectivity index (χ2v) is 7.13. The van der Waals surface area contributed by atoms with E-state index in [0.717, 1.165) is 21.3 Å². The molecule has 1 aromatic heterocycles. The molecule has 0 nitrogen and oxygen atoms in total. The van der Waals surface area contributed by atoms with Gasteiger partial charge >= 0.3 is 0 Å². The molecule has 1 aromatic carbocycles. The summed E-state index contributed by atoms with van der Waals surface area (Å²) in [6.45, 7) is 2.03. The van der Waals surface area contributed by atoms with Gasteiger partial charge < -0.3 is 0 Å². The van der Waals surface area contributed by atoms with Gasteiger partial charge in [-0.05, 0) is 42.7 Å². The zero-order valence-electron chi connectivity index (χ0n) is 9.21. The van der Waals surface area contributed by atoms with E-state index in [4.69, 9.17) is 23.2 Å². The van der Waals surface area contributed by atoms with Crippen molar-refractivity contribution in [3.63, 3.8) is 0 Å². The Bertz CT molecular complexity index is 502. The minimum atomic E-state index is 0.289. The molecule has 0 bridgehead atoms. The van der Waals surface area contributed by atoms with E-state index in [1.54, 1.807) is 11.3 Å². The van der Waals surface area contributed by atoms with E-state index in [2.05, 4.69) is 28.1 Å². The second-order valence-electron chi connectivity index (χ2n) is 3.91. The third-order valence-electron chi connectivity index (χ3n) is 2.49. The molecular weight excluding hydrogens is 339 g/mol. The normalized spacial score (nSPS) is 12.7. The van der Waals surface area contributed by atoms with E-state index >= 15 is 0 Å². The Hall–Kier alpha value is -0.0200. The molecule has 1 heterocycles. The predicted molar refractivity (Wildman–Crippen MR) is 80.9 cm³/mol. The van der Waals surface area contributed by atoms with Crippen LogP contribution in [0.4, 0.5) is 0 Å². The average Bonchev–Trinajstić information content (AvgIpc) is 2.59. The van der Waals surface area contributed by atoms with Gasteiger partial charge in [0, 0.05) is 9.90 Å². The third kappa shape index (κ3) is 3.47. The van der Waals surface area contributed by atoms with Crippen molar-refractivity contribution in [3.05, 3.63) is 55.7 Å². The number of hydrogen-bond acceptors (Lipinski definition) is 1. The number of benzene rings is 1. The van der Waals surface area contributed by atoms with Crippen LogP contribution in [0, 0.1) is 6.92 Å². The molecule has 0 radical (unpaired) electrons. The van der Waals surface area contributed by atoms with Gasteiger partial charge in [-0.2, -0.15) is 0 Å². The van der Waals surface area contributed by atoms with Crippen LogP contribution in [0.1, 0.15) is 20.8 Å². The summed E-state index contributed by atoms with van der Waals surface area (Å²) in [7, 11) is 0. The largest absolute Gasteiger partial charge is 0.127 e. The Balaban J connectivity index is 2.14. The van der Waals surface area contributed by atoms with Gasteiger partial charge in [0.25, 0.3) is 0 Å². The lowest BCUT2D eigenvalue weighted by Crippen LogP contribution is -1.92. The number of hydrogen-bond donors (Lipinski definition) is 0. The summed E-state index contributed by atoms with van der Waals surface area (Å²) in [4.78, 5) is 1.55. The van der Waals surface area contributed by atoms with E-state index in [-0.39, 0.29) is 4.83 Å². The van der Waals surface area contributed by atoms with Crippen LogP contribution >= 0.6 is 50.5 Å². The molecule has 0 aliphatic carbocycles. The highest BCUT2D eigenvalue weighted by atomic mass is 79.9. The monoisotopic (exact) mass is 348 g/mol. The summed E-state index contributed by atoms with van der Waals surface area (Å²) in [5.41, 5.74) is 2.36. The summed E-state index contributed by atoms with van der Waals surface area (Å²) >= 11 is 17.4. The van der Waals surface area contributed by atoms with Crippen LogP contribution in [0.5, 0.6) is 0 Å². The maximum atomic E-state index is 6.08. The zero-order valence-corrected chi connectivity index (χ0v) is 13.1. The number of aryl methyl sites for hydroxylation is 1. The molecule has 0 spiro atoms. The highest BCUT2D eigenvalue weighted by Gasteiger charge is 2.13. The van der Waals surface area contributed by atoms with Crippen molar-refractivity contribution >= 4 is 50.5 Å². The summed E-state index contributed by atoms with van der Waals surface area (Å²) < 4.78 is 0.871.